The summed E-state index contributed by atoms with van der Waals surface area (Å²) in [6, 6.07) is 11.8. The molecule has 0 bridgehead atoms. The molecule has 0 saturated heterocycles. The van der Waals surface area contributed by atoms with Crippen LogP contribution in [0.3, 0.4) is 0 Å². The average molecular weight is 392 g/mol. The standard InChI is InChI=1S/C18H20N2O6S/c1-25-11-10-19-27(23,24)16-8-6-13(7-9-16)17(21)20-15-5-3-4-14(12-15)18(22)26-2/h3-9,12,19H,10-11H2,1-2H3,(H,20,21). The van der Waals surface area contributed by atoms with Crippen molar-refractivity contribution in [1.82, 2.24) is 4.72 Å². The molecule has 0 aliphatic heterocycles. The Balaban J connectivity index is 2.09. The third-order valence-corrected chi connectivity index (χ3v) is 5.04. The maximum absolute atomic E-state index is 12.3. The molecule has 0 fully saturated rings. The van der Waals surface area contributed by atoms with E-state index in [1.165, 1.54) is 44.6 Å². The van der Waals surface area contributed by atoms with Crippen LogP contribution in [0, 0.1) is 0 Å². The zero-order valence-electron chi connectivity index (χ0n) is 14.9. The second kappa shape index (κ2) is 9.26. The fraction of sp³-hybridized carbons (Fsp3) is 0.222. The van der Waals surface area contributed by atoms with Gasteiger partial charge < -0.3 is 14.8 Å². The second-order valence-corrected chi connectivity index (χ2v) is 7.21. The molecule has 0 heterocycles. The van der Waals surface area contributed by atoms with Crippen LogP contribution in [0.25, 0.3) is 0 Å². The monoisotopic (exact) mass is 392 g/mol. The molecular formula is C18H20N2O6S. The Kier molecular flexibility index (Phi) is 7.05. The highest BCUT2D eigenvalue weighted by Crippen LogP contribution is 2.15. The van der Waals surface area contributed by atoms with Crippen LogP contribution in [0.1, 0.15) is 20.7 Å². The van der Waals surface area contributed by atoms with Gasteiger partial charge in [-0.05, 0) is 42.5 Å². The number of benzene rings is 2. The van der Waals surface area contributed by atoms with E-state index in [4.69, 9.17) is 4.74 Å². The highest BCUT2D eigenvalue weighted by atomic mass is 32.2. The summed E-state index contributed by atoms with van der Waals surface area (Å²) < 4.78 is 36.0. The van der Waals surface area contributed by atoms with Gasteiger partial charge in [-0.25, -0.2) is 17.9 Å². The fourth-order valence-electron chi connectivity index (χ4n) is 2.19. The minimum atomic E-state index is -3.67. The van der Waals surface area contributed by atoms with E-state index in [2.05, 4.69) is 14.8 Å². The minimum absolute atomic E-state index is 0.0443. The molecule has 0 atom stereocenters. The summed E-state index contributed by atoms with van der Waals surface area (Å²) in [5.74, 6) is -0.949. The lowest BCUT2D eigenvalue weighted by molar-refractivity contribution is 0.0600. The minimum Gasteiger partial charge on any atom is -0.465 e. The van der Waals surface area contributed by atoms with Crippen LogP contribution in [0.5, 0.6) is 0 Å². The summed E-state index contributed by atoms with van der Waals surface area (Å²) in [6.07, 6.45) is 0. The number of hydrogen-bond donors (Lipinski definition) is 2. The summed E-state index contributed by atoms with van der Waals surface area (Å²) in [4.78, 5) is 23.9. The van der Waals surface area contributed by atoms with Gasteiger partial charge in [0, 0.05) is 24.9 Å². The van der Waals surface area contributed by atoms with Crippen molar-refractivity contribution in [3.05, 3.63) is 59.7 Å². The molecule has 8 nitrogen and oxygen atoms in total. The zero-order valence-corrected chi connectivity index (χ0v) is 15.7. The molecule has 144 valence electrons. The van der Waals surface area contributed by atoms with Crippen LogP contribution in [-0.4, -0.2) is 47.7 Å². The SMILES string of the molecule is COCCNS(=O)(=O)c1ccc(C(=O)Nc2cccc(C(=O)OC)c2)cc1. The Labute approximate surface area is 157 Å². The molecule has 2 N–H and O–H groups in total. The molecule has 2 aromatic rings. The number of nitrogens with one attached hydrogen (secondary N) is 2. The molecule has 0 aromatic heterocycles. The highest BCUT2D eigenvalue weighted by molar-refractivity contribution is 7.89. The molecule has 0 aliphatic carbocycles. The highest BCUT2D eigenvalue weighted by Gasteiger charge is 2.15. The smallest absolute Gasteiger partial charge is 0.337 e. The van der Waals surface area contributed by atoms with Gasteiger partial charge >= 0.3 is 5.97 Å². The van der Waals surface area contributed by atoms with E-state index < -0.39 is 21.9 Å². The molecule has 0 aliphatic rings. The van der Waals surface area contributed by atoms with Gasteiger partial charge in [0.25, 0.3) is 5.91 Å². The van der Waals surface area contributed by atoms with E-state index in [1.807, 2.05) is 0 Å². The Morgan fingerprint density at radius 1 is 1.00 bits per heavy atom. The van der Waals surface area contributed by atoms with Crippen molar-refractivity contribution in [2.45, 2.75) is 4.90 Å². The molecule has 9 heteroatoms. The zero-order chi connectivity index (χ0) is 19.9. The first-order chi connectivity index (χ1) is 12.9. The van der Waals surface area contributed by atoms with Gasteiger partial charge in [0.2, 0.25) is 10.0 Å². The molecule has 0 spiro atoms. The summed E-state index contributed by atoms with van der Waals surface area (Å²) in [7, 11) is -0.919. The van der Waals surface area contributed by atoms with Gasteiger partial charge in [0.1, 0.15) is 0 Å². The summed E-state index contributed by atoms with van der Waals surface area (Å²) in [5, 5.41) is 2.65. The van der Waals surface area contributed by atoms with Gasteiger partial charge in [0.15, 0.2) is 0 Å². The van der Waals surface area contributed by atoms with Crippen molar-refractivity contribution < 1.29 is 27.5 Å². The summed E-state index contributed by atoms with van der Waals surface area (Å²) >= 11 is 0. The van der Waals surface area contributed by atoms with Gasteiger partial charge in [-0.15, -0.1) is 0 Å². The Bertz CT molecular complexity index is 910. The average Bonchev–Trinajstić information content (AvgIpc) is 2.67. The summed E-state index contributed by atoms with van der Waals surface area (Å²) in [6.45, 7) is 0.405. The number of ether oxygens (including phenoxy) is 2. The number of methoxy groups -OCH3 is 2. The number of carbonyl (C=O) groups excluding carboxylic acids is 2. The van der Waals surface area contributed by atoms with E-state index in [9.17, 15) is 18.0 Å². The maximum Gasteiger partial charge on any atom is 0.337 e. The molecule has 0 saturated carbocycles. The van der Waals surface area contributed by atoms with Crippen molar-refractivity contribution in [2.24, 2.45) is 0 Å². The maximum atomic E-state index is 12.3. The number of amides is 1. The molecule has 2 rings (SSSR count). The van der Waals surface area contributed by atoms with Crippen LogP contribution >= 0.6 is 0 Å². The van der Waals surface area contributed by atoms with E-state index in [1.54, 1.807) is 18.2 Å². The lowest BCUT2D eigenvalue weighted by Gasteiger charge is -2.09. The number of rotatable bonds is 8. The van der Waals surface area contributed by atoms with Crippen molar-refractivity contribution in [1.29, 1.82) is 0 Å². The van der Waals surface area contributed by atoms with Crippen LogP contribution in [0.4, 0.5) is 5.69 Å². The van der Waals surface area contributed by atoms with Crippen LogP contribution in [0.15, 0.2) is 53.4 Å². The first-order valence-corrected chi connectivity index (χ1v) is 9.44. The van der Waals surface area contributed by atoms with Crippen LogP contribution in [-0.2, 0) is 19.5 Å². The molecule has 0 unspecified atom stereocenters. The molecular weight excluding hydrogens is 372 g/mol. The van der Waals surface area contributed by atoms with Gasteiger partial charge in [-0.3, -0.25) is 4.79 Å². The predicted molar refractivity (Wildman–Crippen MR) is 99.2 cm³/mol. The van der Waals surface area contributed by atoms with Crippen molar-refractivity contribution in [3.63, 3.8) is 0 Å². The van der Waals surface area contributed by atoms with Crippen LogP contribution in [0.2, 0.25) is 0 Å². The third kappa shape index (κ3) is 5.61. The second-order valence-electron chi connectivity index (χ2n) is 5.44. The van der Waals surface area contributed by atoms with E-state index >= 15 is 0 Å². The fourth-order valence-corrected chi connectivity index (χ4v) is 3.21. The topological polar surface area (TPSA) is 111 Å². The van der Waals surface area contributed by atoms with Crippen molar-refractivity contribution in [3.8, 4) is 0 Å². The van der Waals surface area contributed by atoms with Crippen molar-refractivity contribution >= 4 is 27.6 Å². The third-order valence-electron chi connectivity index (χ3n) is 3.57. The Morgan fingerprint density at radius 2 is 1.70 bits per heavy atom. The van der Waals surface area contributed by atoms with E-state index in [0.29, 0.717) is 11.3 Å². The Morgan fingerprint density at radius 3 is 2.33 bits per heavy atom. The van der Waals surface area contributed by atoms with Crippen molar-refractivity contribution in [2.75, 3.05) is 32.7 Å². The first kappa shape index (κ1) is 20.6. The lowest BCUT2D eigenvalue weighted by atomic mass is 10.1. The number of carbonyl (C=O) groups is 2. The number of sulfonamides is 1. The van der Waals surface area contributed by atoms with E-state index in [0.717, 1.165) is 0 Å². The number of anilines is 1. The summed E-state index contributed by atoms with van der Waals surface area (Å²) in [5.41, 5.74) is 0.994. The largest absolute Gasteiger partial charge is 0.465 e. The molecule has 2 aromatic carbocycles. The first-order valence-electron chi connectivity index (χ1n) is 7.96. The lowest BCUT2D eigenvalue weighted by Crippen LogP contribution is -2.27. The molecule has 1 amide bonds. The number of esters is 1. The predicted octanol–water partition coefficient (Wildman–Crippen LogP) is 1.65. The quantitative estimate of drug-likeness (QED) is 0.522. The van der Waals surface area contributed by atoms with Gasteiger partial charge in [-0.1, -0.05) is 6.07 Å². The molecule has 27 heavy (non-hydrogen) atoms. The van der Waals surface area contributed by atoms with Gasteiger partial charge in [0.05, 0.1) is 24.2 Å². The van der Waals surface area contributed by atoms with E-state index in [-0.39, 0.29) is 23.6 Å². The van der Waals surface area contributed by atoms with Gasteiger partial charge in [-0.2, -0.15) is 0 Å². The molecule has 0 radical (unpaired) electrons. The Hall–Kier alpha value is -2.75. The normalized spacial score (nSPS) is 11.0. The number of hydrogen-bond acceptors (Lipinski definition) is 6. The van der Waals surface area contributed by atoms with Crippen LogP contribution < -0.4 is 10.0 Å².